The number of nitrogens with one attached hydrogen (secondary N) is 2. The molecule has 0 aliphatic heterocycles. The lowest BCUT2D eigenvalue weighted by Crippen LogP contribution is -2.46. The minimum Gasteiger partial charge on any atom is -0.493 e. The Morgan fingerprint density at radius 1 is 1.09 bits per heavy atom. The first kappa shape index (κ1) is 24.0. The van der Waals surface area contributed by atoms with Crippen LogP contribution in [0, 0.1) is 17.6 Å². The van der Waals surface area contributed by atoms with Gasteiger partial charge in [-0.25, -0.2) is 13.8 Å². The number of rotatable bonds is 8. The molecule has 0 aliphatic carbocycles. The average molecular weight is 460 g/mol. The molecule has 0 spiro atoms. The SMILES string of the molecule is CCCOc1ccc(C(=O)NNC(=O)C(C(C)C)n2cnc3cc(F)c(F)cc32)cc1OC. The van der Waals surface area contributed by atoms with Gasteiger partial charge in [0.15, 0.2) is 23.1 Å². The van der Waals surface area contributed by atoms with Crippen LogP contribution in [0.15, 0.2) is 36.7 Å². The Labute approximate surface area is 189 Å². The van der Waals surface area contributed by atoms with E-state index in [4.69, 9.17) is 9.47 Å². The number of benzene rings is 2. The van der Waals surface area contributed by atoms with Crippen LogP contribution >= 0.6 is 0 Å². The second-order valence-corrected chi connectivity index (χ2v) is 7.75. The fraction of sp³-hybridized carbons (Fsp3) is 0.348. The molecule has 2 N–H and O–H groups in total. The molecule has 8 nitrogen and oxygen atoms in total. The molecule has 3 rings (SSSR count). The highest BCUT2D eigenvalue weighted by Crippen LogP contribution is 2.28. The van der Waals surface area contributed by atoms with Gasteiger partial charge in [0.2, 0.25) is 0 Å². The summed E-state index contributed by atoms with van der Waals surface area (Å²) in [5, 5.41) is 0. The Balaban J connectivity index is 1.76. The minimum absolute atomic E-state index is 0.217. The molecule has 3 aromatic rings. The van der Waals surface area contributed by atoms with Gasteiger partial charge in [0, 0.05) is 17.7 Å². The van der Waals surface area contributed by atoms with Crippen LogP contribution in [0.3, 0.4) is 0 Å². The highest BCUT2D eigenvalue weighted by Gasteiger charge is 2.27. The number of aromatic nitrogens is 2. The van der Waals surface area contributed by atoms with Crippen molar-refractivity contribution in [3.63, 3.8) is 0 Å². The third-order valence-corrected chi connectivity index (χ3v) is 5.00. The number of hydrogen-bond acceptors (Lipinski definition) is 5. The predicted molar refractivity (Wildman–Crippen MR) is 118 cm³/mol. The molecule has 2 amide bonds. The first-order chi connectivity index (χ1) is 15.8. The highest BCUT2D eigenvalue weighted by molar-refractivity contribution is 5.96. The van der Waals surface area contributed by atoms with E-state index in [0.717, 1.165) is 18.6 Å². The molecule has 10 heteroatoms. The molecule has 0 saturated heterocycles. The summed E-state index contributed by atoms with van der Waals surface area (Å²) in [6.07, 6.45) is 2.16. The third kappa shape index (κ3) is 5.21. The van der Waals surface area contributed by atoms with E-state index in [-0.39, 0.29) is 22.5 Å². The van der Waals surface area contributed by atoms with Crippen molar-refractivity contribution in [2.45, 2.75) is 33.2 Å². The molecule has 0 bridgehead atoms. The van der Waals surface area contributed by atoms with Crippen molar-refractivity contribution in [3.8, 4) is 11.5 Å². The van der Waals surface area contributed by atoms with E-state index in [0.29, 0.717) is 18.1 Å². The zero-order chi connectivity index (χ0) is 24.1. The van der Waals surface area contributed by atoms with Gasteiger partial charge in [-0.3, -0.25) is 20.4 Å². The van der Waals surface area contributed by atoms with E-state index < -0.39 is 29.5 Å². The van der Waals surface area contributed by atoms with E-state index >= 15 is 0 Å². The average Bonchev–Trinajstić information content (AvgIpc) is 3.17. The Morgan fingerprint density at radius 2 is 1.82 bits per heavy atom. The fourth-order valence-corrected chi connectivity index (χ4v) is 3.40. The van der Waals surface area contributed by atoms with E-state index in [1.54, 1.807) is 26.0 Å². The summed E-state index contributed by atoms with van der Waals surface area (Å²) < 4.78 is 39.6. The molecule has 0 aliphatic rings. The number of hydrazine groups is 1. The van der Waals surface area contributed by atoms with Gasteiger partial charge < -0.3 is 14.0 Å². The third-order valence-electron chi connectivity index (χ3n) is 5.00. The summed E-state index contributed by atoms with van der Waals surface area (Å²) in [6.45, 7) is 6.06. The number of nitrogens with zero attached hydrogens (tertiary/aromatic N) is 2. The van der Waals surface area contributed by atoms with Gasteiger partial charge in [-0.1, -0.05) is 20.8 Å². The van der Waals surface area contributed by atoms with Crippen LogP contribution in [0.25, 0.3) is 11.0 Å². The monoisotopic (exact) mass is 460 g/mol. The van der Waals surface area contributed by atoms with Crippen LogP contribution in [0.1, 0.15) is 43.6 Å². The molecule has 2 aromatic carbocycles. The molecular weight excluding hydrogens is 434 g/mol. The zero-order valence-corrected chi connectivity index (χ0v) is 18.8. The summed E-state index contributed by atoms with van der Waals surface area (Å²) in [4.78, 5) is 29.6. The van der Waals surface area contributed by atoms with Crippen LogP contribution in [0.5, 0.6) is 11.5 Å². The summed E-state index contributed by atoms with van der Waals surface area (Å²) >= 11 is 0. The van der Waals surface area contributed by atoms with E-state index in [2.05, 4.69) is 15.8 Å². The smallest absolute Gasteiger partial charge is 0.269 e. The lowest BCUT2D eigenvalue weighted by molar-refractivity contribution is -0.126. The zero-order valence-electron chi connectivity index (χ0n) is 18.8. The Morgan fingerprint density at radius 3 is 2.48 bits per heavy atom. The van der Waals surface area contributed by atoms with E-state index in [1.165, 1.54) is 24.1 Å². The number of hydrogen-bond donors (Lipinski definition) is 2. The summed E-state index contributed by atoms with van der Waals surface area (Å²) in [7, 11) is 1.47. The second kappa shape index (κ2) is 10.3. The molecule has 0 fully saturated rings. The van der Waals surface area contributed by atoms with Crippen molar-refractivity contribution in [2.75, 3.05) is 13.7 Å². The van der Waals surface area contributed by atoms with Gasteiger partial charge in [0.05, 0.1) is 31.1 Å². The fourth-order valence-electron chi connectivity index (χ4n) is 3.40. The number of fused-ring (bicyclic) bond motifs is 1. The lowest BCUT2D eigenvalue weighted by atomic mass is 10.0. The maximum atomic E-state index is 13.8. The lowest BCUT2D eigenvalue weighted by Gasteiger charge is -2.22. The van der Waals surface area contributed by atoms with Crippen LogP contribution in [-0.2, 0) is 4.79 Å². The second-order valence-electron chi connectivity index (χ2n) is 7.75. The first-order valence-corrected chi connectivity index (χ1v) is 10.5. The van der Waals surface area contributed by atoms with Gasteiger partial charge >= 0.3 is 0 Å². The molecule has 1 aromatic heterocycles. The Hall–Kier alpha value is -3.69. The van der Waals surface area contributed by atoms with E-state index in [9.17, 15) is 18.4 Å². The topological polar surface area (TPSA) is 94.5 Å². The number of ether oxygens (including phenoxy) is 2. The van der Waals surface area contributed by atoms with Gasteiger partial charge in [-0.15, -0.1) is 0 Å². The molecule has 0 radical (unpaired) electrons. The number of carbonyl (C=O) groups excluding carboxylic acids is 2. The maximum Gasteiger partial charge on any atom is 0.269 e. The molecule has 33 heavy (non-hydrogen) atoms. The van der Waals surface area contributed by atoms with Crippen molar-refractivity contribution >= 4 is 22.8 Å². The van der Waals surface area contributed by atoms with Crippen molar-refractivity contribution < 1.29 is 27.8 Å². The molecule has 1 unspecified atom stereocenters. The number of carbonyl (C=O) groups is 2. The standard InChI is InChI=1S/C23H26F2N4O4/c1-5-8-33-19-7-6-14(9-20(19)32-4)22(30)27-28-23(31)21(13(2)3)29-12-26-17-10-15(24)16(25)11-18(17)29/h6-7,9-13,21H,5,8H2,1-4H3,(H,27,30)(H,28,31). The van der Waals surface area contributed by atoms with Crippen LogP contribution in [0.4, 0.5) is 8.78 Å². The quantitative estimate of drug-likeness (QED) is 0.499. The number of imidazole rings is 1. The normalized spacial score (nSPS) is 12.0. The molecule has 176 valence electrons. The van der Waals surface area contributed by atoms with E-state index in [1.807, 2.05) is 6.92 Å². The number of halogens is 2. The van der Waals surface area contributed by atoms with Crippen molar-refractivity contribution in [2.24, 2.45) is 5.92 Å². The van der Waals surface area contributed by atoms with Gasteiger partial charge in [-0.05, 0) is 30.5 Å². The predicted octanol–water partition coefficient (Wildman–Crippen LogP) is 3.77. The first-order valence-electron chi connectivity index (χ1n) is 10.5. The van der Waals surface area contributed by atoms with Crippen molar-refractivity contribution in [1.82, 2.24) is 20.4 Å². The molecule has 0 saturated carbocycles. The number of methoxy groups -OCH3 is 1. The molecule has 1 heterocycles. The van der Waals surface area contributed by atoms with Crippen LogP contribution < -0.4 is 20.3 Å². The van der Waals surface area contributed by atoms with Gasteiger partial charge in [0.25, 0.3) is 11.8 Å². The van der Waals surface area contributed by atoms with Crippen molar-refractivity contribution in [1.29, 1.82) is 0 Å². The summed E-state index contributed by atoms with van der Waals surface area (Å²) in [5.41, 5.74) is 5.51. The Kier molecular flexibility index (Phi) is 7.47. The molecular formula is C23H26F2N4O4. The summed E-state index contributed by atoms with van der Waals surface area (Å²) in [6, 6.07) is 5.81. The van der Waals surface area contributed by atoms with Crippen LogP contribution in [0.2, 0.25) is 0 Å². The Bertz CT molecular complexity index is 1160. The van der Waals surface area contributed by atoms with Crippen LogP contribution in [-0.4, -0.2) is 35.1 Å². The van der Waals surface area contributed by atoms with Gasteiger partial charge in [-0.2, -0.15) is 0 Å². The van der Waals surface area contributed by atoms with Gasteiger partial charge in [0.1, 0.15) is 6.04 Å². The minimum atomic E-state index is -1.04. The molecule has 1 atom stereocenters. The van der Waals surface area contributed by atoms with Crippen molar-refractivity contribution in [3.05, 3.63) is 53.9 Å². The highest BCUT2D eigenvalue weighted by atomic mass is 19.2. The number of amides is 2. The largest absolute Gasteiger partial charge is 0.493 e. The summed E-state index contributed by atoms with van der Waals surface area (Å²) in [5.74, 6) is -2.51. The maximum absolute atomic E-state index is 13.8.